The Balaban J connectivity index is 1.85. The van der Waals surface area contributed by atoms with E-state index >= 15 is 0 Å². The standard InChI is InChI=1S/C22H18N2O5/c1-2-28-16-6-3-5-15(13-16)24-19(14-8-10-23-11-9-14)18(21(26)22(24)27)20(25)17-7-4-12-29-17/h3-13,19,26H,2H2,1H3. The van der Waals surface area contributed by atoms with Crippen LogP contribution in [0.15, 0.2) is 82.9 Å². The molecule has 1 amide bonds. The number of aliphatic hydroxyl groups excluding tert-OH is 1. The number of hydrogen-bond donors (Lipinski definition) is 1. The summed E-state index contributed by atoms with van der Waals surface area (Å²) in [5.41, 5.74) is 1.09. The van der Waals surface area contributed by atoms with Crippen LogP contribution in [0, 0.1) is 0 Å². The molecule has 0 saturated carbocycles. The van der Waals surface area contributed by atoms with Gasteiger partial charge in [-0.3, -0.25) is 19.5 Å². The van der Waals surface area contributed by atoms with Crippen molar-refractivity contribution >= 4 is 17.4 Å². The molecule has 1 atom stereocenters. The number of furan rings is 1. The molecule has 1 N–H and O–H groups in total. The van der Waals surface area contributed by atoms with Gasteiger partial charge in [-0.1, -0.05) is 6.07 Å². The van der Waals surface area contributed by atoms with Crippen LogP contribution in [0.3, 0.4) is 0 Å². The highest BCUT2D eigenvalue weighted by Gasteiger charge is 2.45. The van der Waals surface area contributed by atoms with Crippen molar-refractivity contribution in [2.45, 2.75) is 13.0 Å². The summed E-state index contributed by atoms with van der Waals surface area (Å²) >= 11 is 0. The number of rotatable bonds is 6. The SMILES string of the molecule is CCOc1cccc(N2C(=O)C(O)=C(C(=O)c3ccco3)C2c2ccncc2)c1. The maximum absolute atomic E-state index is 13.1. The fourth-order valence-electron chi connectivity index (χ4n) is 3.39. The Morgan fingerprint density at radius 2 is 2.00 bits per heavy atom. The highest BCUT2D eigenvalue weighted by Crippen LogP contribution is 2.42. The van der Waals surface area contributed by atoms with E-state index in [0.29, 0.717) is 23.6 Å². The lowest BCUT2D eigenvalue weighted by molar-refractivity contribution is -0.117. The maximum Gasteiger partial charge on any atom is 0.294 e. The first-order valence-corrected chi connectivity index (χ1v) is 9.09. The average Bonchev–Trinajstić information content (AvgIpc) is 3.36. The summed E-state index contributed by atoms with van der Waals surface area (Å²) in [4.78, 5) is 31.5. The van der Waals surface area contributed by atoms with Crippen LogP contribution < -0.4 is 9.64 Å². The second-order valence-corrected chi connectivity index (χ2v) is 6.36. The van der Waals surface area contributed by atoms with Gasteiger partial charge in [0.15, 0.2) is 11.5 Å². The number of ketones is 1. The number of carbonyl (C=O) groups is 2. The average molecular weight is 390 g/mol. The molecule has 1 aliphatic rings. The van der Waals surface area contributed by atoms with E-state index < -0.39 is 23.5 Å². The summed E-state index contributed by atoms with van der Waals surface area (Å²) in [5.74, 6) is -1.20. The number of pyridine rings is 1. The zero-order valence-electron chi connectivity index (χ0n) is 15.6. The third kappa shape index (κ3) is 3.27. The molecule has 0 saturated heterocycles. The Kier molecular flexibility index (Phi) is 4.87. The van der Waals surface area contributed by atoms with E-state index in [1.54, 1.807) is 54.9 Å². The molecule has 2 aromatic heterocycles. The van der Waals surface area contributed by atoms with E-state index in [2.05, 4.69) is 4.98 Å². The molecular weight excluding hydrogens is 372 g/mol. The van der Waals surface area contributed by atoms with E-state index in [1.807, 2.05) is 6.92 Å². The van der Waals surface area contributed by atoms with Gasteiger partial charge >= 0.3 is 0 Å². The molecule has 0 radical (unpaired) electrons. The van der Waals surface area contributed by atoms with E-state index in [9.17, 15) is 14.7 Å². The van der Waals surface area contributed by atoms with Crippen LogP contribution >= 0.6 is 0 Å². The summed E-state index contributed by atoms with van der Waals surface area (Å²) in [6.07, 6.45) is 4.50. The molecule has 1 aromatic carbocycles. The Labute approximate surface area is 166 Å². The van der Waals surface area contributed by atoms with Crippen molar-refractivity contribution in [2.75, 3.05) is 11.5 Å². The van der Waals surface area contributed by atoms with Crippen molar-refractivity contribution < 1.29 is 23.8 Å². The van der Waals surface area contributed by atoms with Crippen molar-refractivity contribution in [3.63, 3.8) is 0 Å². The van der Waals surface area contributed by atoms with Crippen molar-refractivity contribution in [1.29, 1.82) is 0 Å². The number of amides is 1. The molecule has 1 aliphatic heterocycles. The molecule has 7 nitrogen and oxygen atoms in total. The normalized spacial score (nSPS) is 16.4. The third-order valence-corrected chi connectivity index (χ3v) is 4.63. The smallest absolute Gasteiger partial charge is 0.294 e. The minimum Gasteiger partial charge on any atom is -0.503 e. The first-order chi connectivity index (χ1) is 14.1. The van der Waals surface area contributed by atoms with Gasteiger partial charge in [-0.25, -0.2) is 0 Å². The molecule has 0 spiro atoms. The number of nitrogens with zero attached hydrogens (tertiary/aromatic N) is 2. The Hall–Kier alpha value is -3.87. The Morgan fingerprint density at radius 3 is 2.69 bits per heavy atom. The first-order valence-electron chi connectivity index (χ1n) is 9.09. The Bertz CT molecular complexity index is 1070. The van der Waals surface area contributed by atoms with Crippen LogP contribution in [0.4, 0.5) is 5.69 Å². The fourth-order valence-corrected chi connectivity index (χ4v) is 3.39. The number of hydrogen-bond acceptors (Lipinski definition) is 6. The van der Waals surface area contributed by atoms with Gasteiger partial charge in [0, 0.05) is 24.1 Å². The predicted molar refractivity (Wildman–Crippen MR) is 105 cm³/mol. The lowest BCUT2D eigenvalue weighted by Crippen LogP contribution is -2.31. The van der Waals surface area contributed by atoms with E-state index in [4.69, 9.17) is 9.15 Å². The lowest BCUT2D eigenvalue weighted by atomic mass is 9.95. The lowest BCUT2D eigenvalue weighted by Gasteiger charge is -2.27. The Morgan fingerprint density at radius 1 is 1.21 bits per heavy atom. The van der Waals surface area contributed by atoms with Crippen LogP contribution in [0.2, 0.25) is 0 Å². The van der Waals surface area contributed by atoms with Gasteiger partial charge in [-0.15, -0.1) is 0 Å². The van der Waals surface area contributed by atoms with Gasteiger partial charge in [-0.2, -0.15) is 0 Å². The van der Waals surface area contributed by atoms with Crippen molar-refractivity contribution in [3.8, 4) is 5.75 Å². The molecule has 0 bridgehead atoms. The molecule has 3 heterocycles. The summed E-state index contributed by atoms with van der Waals surface area (Å²) in [6, 6.07) is 12.6. The molecule has 0 aliphatic carbocycles. The number of anilines is 1. The second-order valence-electron chi connectivity index (χ2n) is 6.36. The highest BCUT2D eigenvalue weighted by atomic mass is 16.5. The quantitative estimate of drug-likeness (QED) is 0.643. The van der Waals surface area contributed by atoms with Crippen LogP contribution in [-0.4, -0.2) is 28.4 Å². The molecule has 1 unspecified atom stereocenters. The van der Waals surface area contributed by atoms with E-state index in [-0.39, 0.29) is 11.3 Å². The number of aromatic nitrogens is 1. The molecule has 146 valence electrons. The van der Waals surface area contributed by atoms with Crippen LogP contribution in [0.1, 0.15) is 29.1 Å². The number of ether oxygens (including phenoxy) is 1. The second kappa shape index (κ2) is 7.63. The van der Waals surface area contributed by atoms with Crippen molar-refractivity contribution in [3.05, 3.63) is 89.8 Å². The number of Topliss-reactive ketones (excluding diaryl/α,β-unsaturated/α-hetero) is 1. The molecule has 29 heavy (non-hydrogen) atoms. The van der Waals surface area contributed by atoms with Crippen molar-refractivity contribution in [2.24, 2.45) is 0 Å². The number of carbonyl (C=O) groups excluding carboxylic acids is 2. The summed E-state index contributed by atoms with van der Waals surface area (Å²) in [6.45, 7) is 2.33. The predicted octanol–water partition coefficient (Wildman–Crippen LogP) is 3.86. The van der Waals surface area contributed by atoms with Crippen molar-refractivity contribution in [1.82, 2.24) is 4.98 Å². The van der Waals surface area contributed by atoms with Crippen LogP contribution in [0.25, 0.3) is 0 Å². The largest absolute Gasteiger partial charge is 0.503 e. The molecule has 3 aromatic rings. The molecule has 0 fully saturated rings. The molecule has 7 heteroatoms. The van der Waals surface area contributed by atoms with E-state index in [0.717, 1.165) is 0 Å². The zero-order chi connectivity index (χ0) is 20.4. The summed E-state index contributed by atoms with van der Waals surface area (Å²) in [5, 5.41) is 10.6. The van der Waals surface area contributed by atoms with Crippen LogP contribution in [-0.2, 0) is 4.79 Å². The summed E-state index contributed by atoms with van der Waals surface area (Å²) in [7, 11) is 0. The van der Waals surface area contributed by atoms with Gasteiger partial charge < -0.3 is 14.3 Å². The summed E-state index contributed by atoms with van der Waals surface area (Å²) < 4.78 is 10.7. The monoisotopic (exact) mass is 390 g/mol. The minimum atomic E-state index is -0.833. The minimum absolute atomic E-state index is 0.0436. The zero-order valence-corrected chi connectivity index (χ0v) is 15.6. The molecular formula is C22H18N2O5. The van der Waals surface area contributed by atoms with Gasteiger partial charge in [0.05, 0.1) is 24.5 Å². The first kappa shape index (κ1) is 18.5. The topological polar surface area (TPSA) is 92.9 Å². The maximum atomic E-state index is 13.1. The van der Waals surface area contributed by atoms with Gasteiger partial charge in [-0.05, 0) is 48.9 Å². The van der Waals surface area contributed by atoms with Gasteiger partial charge in [0.1, 0.15) is 5.75 Å². The number of benzene rings is 1. The van der Waals surface area contributed by atoms with E-state index in [1.165, 1.54) is 17.2 Å². The number of aliphatic hydroxyl groups is 1. The third-order valence-electron chi connectivity index (χ3n) is 4.63. The van der Waals surface area contributed by atoms with Gasteiger partial charge in [0.25, 0.3) is 5.91 Å². The van der Waals surface area contributed by atoms with Crippen LogP contribution in [0.5, 0.6) is 5.75 Å². The van der Waals surface area contributed by atoms with Gasteiger partial charge in [0.2, 0.25) is 5.78 Å². The fraction of sp³-hybridized carbons (Fsp3) is 0.136. The molecule has 4 rings (SSSR count). The highest BCUT2D eigenvalue weighted by molar-refractivity contribution is 6.20.